The van der Waals surface area contributed by atoms with E-state index in [2.05, 4.69) is 5.32 Å². The molecule has 29 heavy (non-hydrogen) atoms. The molecule has 1 aliphatic heterocycles. The number of fused-ring (bicyclic) bond motifs is 1. The van der Waals surface area contributed by atoms with Crippen LogP contribution in [-0.2, 0) is 9.53 Å². The molecule has 0 bridgehead atoms. The molecule has 10 heteroatoms. The van der Waals surface area contributed by atoms with E-state index in [0.29, 0.717) is 30.4 Å². The lowest BCUT2D eigenvalue weighted by Gasteiger charge is -2.19. The summed E-state index contributed by atoms with van der Waals surface area (Å²) in [7, 11) is 1.28. The molecule has 1 N–H and O–H groups in total. The summed E-state index contributed by atoms with van der Waals surface area (Å²) in [6.45, 7) is 2.25. The number of hydrogen-bond acceptors (Lipinski definition) is 8. The monoisotopic (exact) mass is 402 g/mol. The van der Waals surface area contributed by atoms with Crippen molar-refractivity contribution in [3.8, 4) is 17.2 Å². The molecule has 2 aromatic rings. The molecule has 1 heterocycles. The fraction of sp³-hybridized carbons (Fsp3) is 0.263. The Morgan fingerprint density at radius 1 is 1.14 bits per heavy atom. The third-order valence-electron chi connectivity index (χ3n) is 4.07. The van der Waals surface area contributed by atoms with E-state index < -0.39 is 22.9 Å². The minimum Gasteiger partial charge on any atom is -0.490 e. The maximum Gasteiger partial charge on any atom is 0.339 e. The summed E-state index contributed by atoms with van der Waals surface area (Å²) < 4.78 is 20.9. The molecule has 0 saturated carbocycles. The quantitative estimate of drug-likeness (QED) is 0.444. The van der Waals surface area contributed by atoms with Gasteiger partial charge in [-0.05, 0) is 31.2 Å². The van der Waals surface area contributed by atoms with Gasteiger partial charge >= 0.3 is 11.7 Å². The Hall–Kier alpha value is -3.82. The zero-order chi connectivity index (χ0) is 21.0. The van der Waals surface area contributed by atoms with E-state index in [4.69, 9.17) is 18.9 Å². The third kappa shape index (κ3) is 4.54. The summed E-state index contributed by atoms with van der Waals surface area (Å²) in [6.07, 6.45) is -1.14. The largest absolute Gasteiger partial charge is 0.490 e. The fourth-order valence-electron chi connectivity index (χ4n) is 2.61. The first-order chi connectivity index (χ1) is 13.9. The van der Waals surface area contributed by atoms with Crippen LogP contribution in [0.25, 0.3) is 0 Å². The van der Waals surface area contributed by atoms with Crippen molar-refractivity contribution in [1.82, 2.24) is 0 Å². The Balaban J connectivity index is 1.65. The highest BCUT2D eigenvalue weighted by atomic mass is 16.6. The number of nitrogens with one attached hydrogen (secondary N) is 1. The minimum absolute atomic E-state index is 0.0101. The average Bonchev–Trinajstić information content (AvgIpc) is 2.72. The predicted molar refractivity (Wildman–Crippen MR) is 101 cm³/mol. The van der Waals surface area contributed by atoms with E-state index >= 15 is 0 Å². The highest BCUT2D eigenvalue weighted by molar-refractivity contribution is 5.97. The van der Waals surface area contributed by atoms with Gasteiger partial charge in [-0.25, -0.2) is 4.79 Å². The van der Waals surface area contributed by atoms with E-state index in [-0.39, 0.29) is 17.0 Å². The van der Waals surface area contributed by atoms with Gasteiger partial charge < -0.3 is 24.3 Å². The van der Waals surface area contributed by atoms with Crippen LogP contribution < -0.4 is 19.5 Å². The summed E-state index contributed by atoms with van der Waals surface area (Å²) in [4.78, 5) is 35.0. The molecule has 3 rings (SSSR count). The second-order valence-corrected chi connectivity index (χ2v) is 6.04. The number of nitro groups is 1. The molecule has 1 aliphatic rings. The third-order valence-corrected chi connectivity index (χ3v) is 4.07. The highest BCUT2D eigenvalue weighted by Gasteiger charge is 2.23. The number of benzene rings is 2. The lowest BCUT2D eigenvalue weighted by molar-refractivity contribution is -0.385. The number of esters is 1. The first kappa shape index (κ1) is 19.9. The number of nitro benzene ring substituents is 1. The van der Waals surface area contributed by atoms with Crippen molar-refractivity contribution in [3.05, 3.63) is 52.1 Å². The van der Waals surface area contributed by atoms with E-state index in [1.165, 1.54) is 26.2 Å². The lowest BCUT2D eigenvalue weighted by Crippen LogP contribution is -2.30. The van der Waals surface area contributed by atoms with Crippen molar-refractivity contribution in [2.24, 2.45) is 0 Å². The van der Waals surface area contributed by atoms with Crippen molar-refractivity contribution in [2.75, 3.05) is 25.6 Å². The molecule has 0 saturated heterocycles. The van der Waals surface area contributed by atoms with Gasteiger partial charge in [0, 0.05) is 17.8 Å². The number of hydrogen-bond donors (Lipinski definition) is 1. The Kier molecular flexibility index (Phi) is 5.82. The summed E-state index contributed by atoms with van der Waals surface area (Å²) >= 11 is 0. The zero-order valence-corrected chi connectivity index (χ0v) is 15.7. The molecule has 1 amide bonds. The standard InChI is InChI=1S/C19H18N2O8/c1-11(18(22)20-13-4-6-16-17(10-13)28-8-7-27-16)29-19(23)12-3-5-15(26-2)14(9-12)21(24)25/h3-6,9-11H,7-8H2,1-2H3,(H,20,22)/t11-/m0/s1. The predicted octanol–water partition coefficient (Wildman–Crippen LogP) is 2.56. The van der Waals surface area contributed by atoms with Gasteiger partial charge in [0.1, 0.15) is 13.2 Å². The van der Waals surface area contributed by atoms with Gasteiger partial charge in [0.15, 0.2) is 23.4 Å². The number of carbonyl (C=O) groups is 2. The second-order valence-electron chi connectivity index (χ2n) is 6.04. The highest BCUT2D eigenvalue weighted by Crippen LogP contribution is 2.32. The number of methoxy groups -OCH3 is 1. The number of rotatable bonds is 6. The van der Waals surface area contributed by atoms with Crippen LogP contribution in [0.15, 0.2) is 36.4 Å². The molecule has 2 aromatic carbocycles. The SMILES string of the molecule is COc1ccc(C(=O)O[C@@H](C)C(=O)Nc2ccc3c(c2)OCCO3)cc1[N+](=O)[O-]. The van der Waals surface area contributed by atoms with E-state index in [1.54, 1.807) is 18.2 Å². The Morgan fingerprint density at radius 2 is 1.86 bits per heavy atom. The molecule has 152 valence electrons. The second kappa shape index (κ2) is 8.46. The number of carbonyl (C=O) groups excluding carboxylic acids is 2. The Labute approximate surface area is 165 Å². The molecule has 10 nitrogen and oxygen atoms in total. The van der Waals surface area contributed by atoms with Crippen LogP contribution in [0.1, 0.15) is 17.3 Å². The van der Waals surface area contributed by atoms with E-state index in [1.807, 2.05) is 0 Å². The van der Waals surface area contributed by atoms with Gasteiger partial charge in [-0.3, -0.25) is 14.9 Å². The van der Waals surface area contributed by atoms with Crippen LogP contribution in [0.2, 0.25) is 0 Å². The van der Waals surface area contributed by atoms with Gasteiger partial charge in [0.05, 0.1) is 17.6 Å². The molecule has 0 spiro atoms. The summed E-state index contributed by atoms with van der Waals surface area (Å²) in [5.74, 6) is -0.353. The van der Waals surface area contributed by atoms with Gasteiger partial charge in [-0.2, -0.15) is 0 Å². The Bertz CT molecular complexity index is 959. The van der Waals surface area contributed by atoms with Gasteiger partial charge in [0.25, 0.3) is 5.91 Å². The van der Waals surface area contributed by atoms with Crippen molar-refractivity contribution in [3.63, 3.8) is 0 Å². The van der Waals surface area contributed by atoms with E-state index in [0.717, 1.165) is 6.07 Å². The van der Waals surface area contributed by atoms with Crippen LogP contribution in [0.4, 0.5) is 11.4 Å². The van der Waals surface area contributed by atoms with Crippen molar-refractivity contribution in [2.45, 2.75) is 13.0 Å². The average molecular weight is 402 g/mol. The first-order valence-electron chi connectivity index (χ1n) is 8.63. The summed E-state index contributed by atoms with van der Waals surface area (Å²) in [5, 5.41) is 13.7. The van der Waals surface area contributed by atoms with Crippen LogP contribution in [-0.4, -0.2) is 43.2 Å². The topological polar surface area (TPSA) is 126 Å². The van der Waals surface area contributed by atoms with Gasteiger partial charge in [-0.1, -0.05) is 0 Å². The van der Waals surface area contributed by atoms with E-state index in [9.17, 15) is 19.7 Å². The summed E-state index contributed by atoms with van der Waals surface area (Å²) in [5.41, 5.74) is -0.00551. The van der Waals surface area contributed by atoms with Crippen LogP contribution in [0.3, 0.4) is 0 Å². The smallest absolute Gasteiger partial charge is 0.339 e. The van der Waals surface area contributed by atoms with Crippen LogP contribution in [0, 0.1) is 10.1 Å². The van der Waals surface area contributed by atoms with Crippen LogP contribution >= 0.6 is 0 Å². The number of amides is 1. The minimum atomic E-state index is -1.14. The number of nitrogens with zero attached hydrogens (tertiary/aromatic N) is 1. The molecule has 0 aliphatic carbocycles. The van der Waals surface area contributed by atoms with Crippen molar-refractivity contribution < 1.29 is 33.5 Å². The van der Waals surface area contributed by atoms with Gasteiger partial charge in [-0.15, -0.1) is 0 Å². The van der Waals surface area contributed by atoms with Crippen LogP contribution in [0.5, 0.6) is 17.2 Å². The molecule has 1 atom stereocenters. The first-order valence-corrected chi connectivity index (χ1v) is 8.63. The van der Waals surface area contributed by atoms with Crippen molar-refractivity contribution >= 4 is 23.3 Å². The maximum atomic E-state index is 12.3. The fourth-order valence-corrected chi connectivity index (χ4v) is 2.61. The van der Waals surface area contributed by atoms with Crippen molar-refractivity contribution in [1.29, 1.82) is 0 Å². The normalized spacial score (nSPS) is 13.2. The lowest BCUT2D eigenvalue weighted by atomic mass is 10.2. The molecule has 0 radical (unpaired) electrons. The Morgan fingerprint density at radius 3 is 2.55 bits per heavy atom. The number of anilines is 1. The zero-order valence-electron chi connectivity index (χ0n) is 15.7. The molecule has 0 aromatic heterocycles. The molecular weight excluding hydrogens is 384 g/mol. The number of ether oxygens (including phenoxy) is 4. The molecule has 0 unspecified atom stereocenters. The summed E-state index contributed by atoms with van der Waals surface area (Å²) in [6, 6.07) is 8.54. The molecule has 0 fully saturated rings. The maximum absolute atomic E-state index is 12.3. The molecular formula is C19H18N2O8. The van der Waals surface area contributed by atoms with Gasteiger partial charge in [0.2, 0.25) is 0 Å².